The van der Waals surface area contributed by atoms with Crippen LogP contribution in [0.5, 0.6) is 0 Å². The van der Waals surface area contributed by atoms with Gasteiger partial charge in [0, 0.05) is 19.0 Å². The molecule has 0 spiro atoms. The van der Waals surface area contributed by atoms with Gasteiger partial charge in [0.05, 0.1) is 6.54 Å². The van der Waals surface area contributed by atoms with E-state index in [0.717, 1.165) is 0 Å². The van der Waals surface area contributed by atoms with E-state index in [2.05, 4.69) is 15.4 Å². The number of hydrogen-bond donors (Lipinski definition) is 2. The molecule has 0 saturated heterocycles. The molecule has 90 valence electrons. The van der Waals surface area contributed by atoms with Gasteiger partial charge in [0.25, 0.3) is 0 Å². The predicted octanol–water partition coefficient (Wildman–Crippen LogP) is -0.232. The molecule has 6 heteroatoms. The molecule has 1 atom stereocenters. The highest BCUT2D eigenvalue weighted by molar-refractivity contribution is 5.76. The van der Waals surface area contributed by atoms with Gasteiger partial charge in [-0.25, -0.2) is 4.98 Å². The topological polar surface area (TPSA) is 85.8 Å². The average Bonchev–Trinajstić information content (AvgIpc) is 2.75. The van der Waals surface area contributed by atoms with E-state index in [0.29, 0.717) is 25.4 Å². The van der Waals surface area contributed by atoms with Gasteiger partial charge in [-0.1, -0.05) is 13.8 Å². The fourth-order valence-corrected chi connectivity index (χ4v) is 1.34. The van der Waals surface area contributed by atoms with Crippen molar-refractivity contribution in [1.29, 1.82) is 0 Å². The third-order valence-corrected chi connectivity index (χ3v) is 2.44. The van der Waals surface area contributed by atoms with Crippen LogP contribution < -0.4 is 11.1 Å². The summed E-state index contributed by atoms with van der Waals surface area (Å²) in [5.41, 5.74) is 5.57. The van der Waals surface area contributed by atoms with Crippen LogP contribution in [-0.2, 0) is 11.3 Å². The Morgan fingerprint density at radius 1 is 1.56 bits per heavy atom. The van der Waals surface area contributed by atoms with Crippen LogP contribution in [-0.4, -0.2) is 33.3 Å². The van der Waals surface area contributed by atoms with Gasteiger partial charge in [-0.15, -0.1) is 0 Å². The lowest BCUT2D eigenvalue weighted by Crippen LogP contribution is -2.43. The summed E-state index contributed by atoms with van der Waals surface area (Å²) in [6, 6.07) is 0.0447. The Labute approximate surface area is 95.2 Å². The summed E-state index contributed by atoms with van der Waals surface area (Å²) in [4.78, 5) is 15.4. The Morgan fingerprint density at radius 3 is 2.81 bits per heavy atom. The van der Waals surface area contributed by atoms with Crippen molar-refractivity contribution in [3.8, 4) is 0 Å². The second-order valence-corrected chi connectivity index (χ2v) is 4.06. The highest BCUT2D eigenvalue weighted by atomic mass is 16.1. The smallest absolute Gasteiger partial charge is 0.222 e. The molecule has 3 N–H and O–H groups in total. The number of amides is 1. The number of carbonyl (C=O) groups excluding carboxylic acids is 1. The Morgan fingerprint density at radius 2 is 2.31 bits per heavy atom. The van der Waals surface area contributed by atoms with E-state index in [-0.39, 0.29) is 11.9 Å². The standard InChI is InChI=1S/C10H19N5O/c1-8(2)9(5-11)14-10(16)3-4-15-7-12-6-13-15/h6-9H,3-5,11H2,1-2H3,(H,14,16). The minimum absolute atomic E-state index is 0.000324. The first-order valence-electron chi connectivity index (χ1n) is 5.45. The first-order chi connectivity index (χ1) is 7.63. The number of hydrogen-bond acceptors (Lipinski definition) is 4. The van der Waals surface area contributed by atoms with E-state index >= 15 is 0 Å². The van der Waals surface area contributed by atoms with Gasteiger partial charge < -0.3 is 11.1 Å². The Bertz CT molecular complexity index is 309. The van der Waals surface area contributed by atoms with Gasteiger partial charge in [-0.05, 0) is 5.92 Å². The first kappa shape index (κ1) is 12.6. The van der Waals surface area contributed by atoms with E-state index in [1.807, 2.05) is 13.8 Å². The van der Waals surface area contributed by atoms with Crippen molar-refractivity contribution in [1.82, 2.24) is 20.1 Å². The fraction of sp³-hybridized carbons (Fsp3) is 0.700. The maximum Gasteiger partial charge on any atom is 0.222 e. The molecule has 1 aromatic heterocycles. The second kappa shape index (κ2) is 6.22. The van der Waals surface area contributed by atoms with Crippen LogP contribution in [0.2, 0.25) is 0 Å². The summed E-state index contributed by atoms with van der Waals surface area (Å²) in [6.07, 6.45) is 3.44. The first-order valence-corrected chi connectivity index (χ1v) is 5.45. The minimum atomic E-state index is -0.000324. The molecular formula is C10H19N5O. The third-order valence-electron chi connectivity index (χ3n) is 2.44. The van der Waals surface area contributed by atoms with Gasteiger partial charge in [0.15, 0.2) is 0 Å². The molecule has 0 aliphatic carbocycles. The summed E-state index contributed by atoms with van der Waals surface area (Å²) in [7, 11) is 0. The molecule has 1 amide bonds. The zero-order valence-electron chi connectivity index (χ0n) is 9.76. The predicted molar refractivity (Wildman–Crippen MR) is 60.5 cm³/mol. The zero-order chi connectivity index (χ0) is 12.0. The van der Waals surface area contributed by atoms with Crippen LogP contribution in [0.3, 0.4) is 0 Å². The van der Waals surface area contributed by atoms with Crippen LogP contribution in [0.1, 0.15) is 20.3 Å². The number of nitrogens with one attached hydrogen (secondary N) is 1. The van der Waals surface area contributed by atoms with Crippen LogP contribution in [0, 0.1) is 5.92 Å². The van der Waals surface area contributed by atoms with Gasteiger partial charge in [0.2, 0.25) is 5.91 Å². The number of carbonyl (C=O) groups is 1. The van der Waals surface area contributed by atoms with Crippen molar-refractivity contribution < 1.29 is 4.79 Å². The van der Waals surface area contributed by atoms with Gasteiger partial charge in [-0.3, -0.25) is 9.48 Å². The molecule has 0 bridgehead atoms. The molecule has 0 aliphatic rings. The fourth-order valence-electron chi connectivity index (χ4n) is 1.34. The largest absolute Gasteiger partial charge is 0.352 e. The van der Waals surface area contributed by atoms with Gasteiger partial charge in [0.1, 0.15) is 12.7 Å². The van der Waals surface area contributed by atoms with Gasteiger partial charge in [-0.2, -0.15) is 5.10 Å². The summed E-state index contributed by atoms with van der Waals surface area (Å²) in [5.74, 6) is 0.347. The van der Waals surface area contributed by atoms with Gasteiger partial charge >= 0.3 is 0 Å². The Balaban J connectivity index is 2.30. The average molecular weight is 225 g/mol. The van der Waals surface area contributed by atoms with Crippen molar-refractivity contribution in [3.05, 3.63) is 12.7 Å². The van der Waals surface area contributed by atoms with Crippen molar-refractivity contribution in [2.45, 2.75) is 32.9 Å². The molecule has 16 heavy (non-hydrogen) atoms. The number of nitrogens with two attached hydrogens (primary N) is 1. The molecule has 1 heterocycles. The number of nitrogens with zero attached hydrogens (tertiary/aromatic N) is 3. The number of aryl methyl sites for hydroxylation is 1. The molecule has 0 aromatic carbocycles. The van der Waals surface area contributed by atoms with E-state index in [9.17, 15) is 4.79 Å². The molecule has 1 aromatic rings. The summed E-state index contributed by atoms with van der Waals surface area (Å²) in [6.45, 7) is 5.08. The lowest BCUT2D eigenvalue weighted by molar-refractivity contribution is -0.122. The third kappa shape index (κ3) is 3.98. The molecule has 0 fully saturated rings. The summed E-state index contributed by atoms with van der Waals surface area (Å²) >= 11 is 0. The lowest BCUT2D eigenvalue weighted by Gasteiger charge is -2.20. The molecule has 0 radical (unpaired) electrons. The number of aromatic nitrogens is 3. The molecular weight excluding hydrogens is 206 g/mol. The molecule has 6 nitrogen and oxygen atoms in total. The van der Waals surface area contributed by atoms with Crippen LogP contribution >= 0.6 is 0 Å². The maximum absolute atomic E-state index is 11.6. The molecule has 0 aliphatic heterocycles. The second-order valence-electron chi connectivity index (χ2n) is 4.06. The Kier molecular flexibility index (Phi) is 4.91. The van der Waals surface area contributed by atoms with Crippen LogP contribution in [0.25, 0.3) is 0 Å². The maximum atomic E-state index is 11.6. The van der Waals surface area contributed by atoms with Crippen molar-refractivity contribution in [2.24, 2.45) is 11.7 Å². The molecule has 0 saturated carbocycles. The summed E-state index contributed by atoms with van der Waals surface area (Å²) in [5, 5.41) is 6.83. The van der Waals surface area contributed by atoms with E-state index in [1.54, 1.807) is 11.0 Å². The van der Waals surface area contributed by atoms with Crippen LogP contribution in [0.15, 0.2) is 12.7 Å². The van der Waals surface area contributed by atoms with Crippen molar-refractivity contribution in [3.63, 3.8) is 0 Å². The lowest BCUT2D eigenvalue weighted by atomic mass is 10.0. The SMILES string of the molecule is CC(C)C(CN)NC(=O)CCn1cncn1. The Hall–Kier alpha value is -1.43. The van der Waals surface area contributed by atoms with E-state index in [4.69, 9.17) is 5.73 Å². The van der Waals surface area contributed by atoms with Crippen molar-refractivity contribution >= 4 is 5.91 Å². The quantitative estimate of drug-likeness (QED) is 0.700. The van der Waals surface area contributed by atoms with Crippen LogP contribution in [0.4, 0.5) is 0 Å². The normalized spacial score (nSPS) is 12.8. The van der Waals surface area contributed by atoms with Crippen molar-refractivity contribution in [2.75, 3.05) is 6.54 Å². The van der Waals surface area contributed by atoms with E-state index < -0.39 is 0 Å². The number of rotatable bonds is 6. The summed E-state index contributed by atoms with van der Waals surface area (Å²) < 4.78 is 1.63. The van der Waals surface area contributed by atoms with E-state index in [1.165, 1.54) is 6.33 Å². The minimum Gasteiger partial charge on any atom is -0.352 e. The highest BCUT2D eigenvalue weighted by Crippen LogP contribution is 2.00. The molecule has 1 unspecified atom stereocenters. The highest BCUT2D eigenvalue weighted by Gasteiger charge is 2.13. The molecule has 1 rings (SSSR count). The zero-order valence-corrected chi connectivity index (χ0v) is 9.76. The monoisotopic (exact) mass is 225 g/mol.